The lowest BCUT2D eigenvalue weighted by atomic mass is 9.80. The van der Waals surface area contributed by atoms with Crippen LogP contribution in [0, 0.1) is 15.5 Å². The number of rotatable bonds is 2. The molecule has 0 radical (unpaired) electrons. The average molecular weight is 266 g/mol. The van der Waals surface area contributed by atoms with Crippen molar-refractivity contribution < 1.29 is 19.6 Å². The highest BCUT2D eigenvalue weighted by Crippen LogP contribution is 2.41. The molecule has 1 fully saturated rings. The number of nitrogens with zero attached hydrogens (tertiary/aromatic N) is 1. The van der Waals surface area contributed by atoms with Crippen molar-refractivity contribution >= 4 is 11.8 Å². The Morgan fingerprint density at radius 2 is 2.21 bits per heavy atom. The van der Waals surface area contributed by atoms with Crippen molar-refractivity contribution in [3.63, 3.8) is 0 Å². The quantitative estimate of drug-likeness (QED) is 0.630. The standard InChI is InChI=1S/C12H14N2O5/c1-12(2)6-19-11(16)13-10(12)8-5-7(14(17)18)3-4-9(8)15/h3-5,10,15H,6H2,1-2H3,(H,13,16)/t10-/m0/s1. The fraction of sp³-hybridized carbons (Fsp3) is 0.417. The van der Waals surface area contributed by atoms with E-state index >= 15 is 0 Å². The van der Waals surface area contributed by atoms with Crippen LogP contribution in [0.15, 0.2) is 18.2 Å². The van der Waals surface area contributed by atoms with Crippen LogP contribution < -0.4 is 5.32 Å². The van der Waals surface area contributed by atoms with Gasteiger partial charge in [-0.15, -0.1) is 0 Å². The minimum atomic E-state index is -0.602. The van der Waals surface area contributed by atoms with E-state index in [2.05, 4.69) is 5.32 Å². The topological polar surface area (TPSA) is 102 Å². The number of nitrogens with one attached hydrogen (secondary N) is 1. The van der Waals surface area contributed by atoms with E-state index in [1.807, 2.05) is 13.8 Å². The van der Waals surface area contributed by atoms with Crippen molar-refractivity contribution in [2.75, 3.05) is 6.61 Å². The monoisotopic (exact) mass is 266 g/mol. The molecule has 7 nitrogen and oxygen atoms in total. The Bertz CT molecular complexity index is 541. The first kappa shape index (κ1) is 13.1. The summed E-state index contributed by atoms with van der Waals surface area (Å²) in [7, 11) is 0. The van der Waals surface area contributed by atoms with Gasteiger partial charge in [-0.05, 0) is 6.07 Å². The first-order valence-electron chi connectivity index (χ1n) is 5.72. The Morgan fingerprint density at radius 1 is 1.53 bits per heavy atom. The molecule has 2 rings (SSSR count). The van der Waals surface area contributed by atoms with Gasteiger partial charge in [-0.25, -0.2) is 4.79 Å². The lowest BCUT2D eigenvalue weighted by Crippen LogP contribution is -2.46. The van der Waals surface area contributed by atoms with Gasteiger partial charge in [-0.2, -0.15) is 0 Å². The van der Waals surface area contributed by atoms with Crippen molar-refractivity contribution in [2.24, 2.45) is 5.41 Å². The second-order valence-electron chi connectivity index (χ2n) is 5.14. The zero-order chi connectivity index (χ0) is 14.2. The molecule has 0 saturated carbocycles. The van der Waals surface area contributed by atoms with Gasteiger partial charge in [-0.1, -0.05) is 13.8 Å². The number of carbonyl (C=O) groups is 1. The number of hydrogen-bond acceptors (Lipinski definition) is 5. The minimum Gasteiger partial charge on any atom is -0.508 e. The SMILES string of the molecule is CC1(C)COC(=O)N[C@H]1c1cc([N+](=O)[O-])ccc1O. The maximum Gasteiger partial charge on any atom is 0.407 e. The first-order chi connectivity index (χ1) is 8.81. The third-order valence-corrected chi connectivity index (χ3v) is 3.15. The maximum absolute atomic E-state index is 11.3. The smallest absolute Gasteiger partial charge is 0.407 e. The Hall–Kier alpha value is -2.31. The van der Waals surface area contributed by atoms with E-state index in [1.165, 1.54) is 18.2 Å². The average Bonchev–Trinajstić information content (AvgIpc) is 2.33. The Balaban J connectivity index is 2.46. The molecule has 2 N–H and O–H groups in total. The van der Waals surface area contributed by atoms with E-state index in [0.29, 0.717) is 5.56 Å². The van der Waals surface area contributed by atoms with Crippen molar-refractivity contribution in [3.8, 4) is 5.75 Å². The molecular weight excluding hydrogens is 252 g/mol. The van der Waals surface area contributed by atoms with Gasteiger partial charge >= 0.3 is 6.09 Å². The molecule has 1 heterocycles. The summed E-state index contributed by atoms with van der Waals surface area (Å²) in [6.45, 7) is 3.86. The minimum absolute atomic E-state index is 0.0918. The summed E-state index contributed by atoms with van der Waals surface area (Å²) in [6, 6.07) is 3.19. The molecule has 1 aliphatic heterocycles. The molecule has 1 aromatic rings. The number of hydrogen-bond donors (Lipinski definition) is 2. The highest BCUT2D eigenvalue weighted by molar-refractivity contribution is 5.69. The number of non-ortho nitro benzene ring substituents is 1. The van der Waals surface area contributed by atoms with E-state index < -0.39 is 22.5 Å². The number of cyclic esters (lactones) is 1. The van der Waals surface area contributed by atoms with Gasteiger partial charge in [0.1, 0.15) is 12.4 Å². The molecule has 7 heteroatoms. The highest BCUT2D eigenvalue weighted by atomic mass is 16.6. The Kier molecular flexibility index (Phi) is 3.05. The molecule has 0 spiro atoms. The number of nitro benzene ring substituents is 1. The normalized spacial score (nSPS) is 21.4. The predicted octanol–water partition coefficient (Wildman–Crippen LogP) is 2.11. The molecule has 1 amide bonds. The molecule has 19 heavy (non-hydrogen) atoms. The van der Waals surface area contributed by atoms with Crippen molar-refractivity contribution in [1.29, 1.82) is 0 Å². The van der Waals surface area contributed by atoms with Crippen LogP contribution in [0.4, 0.5) is 10.5 Å². The lowest BCUT2D eigenvalue weighted by molar-refractivity contribution is -0.385. The number of phenols is 1. The number of phenolic OH excluding ortho intramolecular Hbond substituents is 1. The van der Waals surface area contributed by atoms with Crippen molar-refractivity contribution in [3.05, 3.63) is 33.9 Å². The second kappa shape index (κ2) is 4.42. The van der Waals surface area contributed by atoms with Gasteiger partial charge in [0.2, 0.25) is 0 Å². The fourth-order valence-corrected chi connectivity index (χ4v) is 2.08. The molecule has 1 aromatic carbocycles. The van der Waals surface area contributed by atoms with Crippen LogP contribution >= 0.6 is 0 Å². The van der Waals surface area contributed by atoms with Crippen LogP contribution in [0.5, 0.6) is 5.75 Å². The summed E-state index contributed by atoms with van der Waals surface area (Å²) in [5.74, 6) is -0.0918. The maximum atomic E-state index is 11.3. The van der Waals surface area contributed by atoms with Crippen LogP contribution in [0.25, 0.3) is 0 Å². The van der Waals surface area contributed by atoms with Crippen LogP contribution in [0.1, 0.15) is 25.5 Å². The van der Waals surface area contributed by atoms with E-state index in [4.69, 9.17) is 4.74 Å². The van der Waals surface area contributed by atoms with Crippen molar-refractivity contribution in [2.45, 2.75) is 19.9 Å². The summed E-state index contributed by atoms with van der Waals surface area (Å²) < 4.78 is 4.90. The third-order valence-electron chi connectivity index (χ3n) is 3.15. The number of amides is 1. The van der Waals surface area contributed by atoms with Crippen LogP contribution in [-0.4, -0.2) is 22.7 Å². The van der Waals surface area contributed by atoms with Gasteiger partial charge in [-0.3, -0.25) is 10.1 Å². The number of benzene rings is 1. The second-order valence-corrected chi connectivity index (χ2v) is 5.14. The molecule has 0 bridgehead atoms. The van der Waals surface area contributed by atoms with Crippen molar-refractivity contribution in [1.82, 2.24) is 5.32 Å². The van der Waals surface area contributed by atoms with E-state index in [9.17, 15) is 20.0 Å². The Labute approximate surface area is 109 Å². The lowest BCUT2D eigenvalue weighted by Gasteiger charge is -2.38. The number of aromatic hydroxyl groups is 1. The zero-order valence-corrected chi connectivity index (χ0v) is 10.5. The number of ether oxygens (including phenoxy) is 1. The van der Waals surface area contributed by atoms with E-state index in [-0.39, 0.29) is 18.0 Å². The molecule has 0 unspecified atom stereocenters. The van der Waals surface area contributed by atoms with Gasteiger partial charge in [0.25, 0.3) is 5.69 Å². The van der Waals surface area contributed by atoms with Crippen LogP contribution in [0.3, 0.4) is 0 Å². The van der Waals surface area contributed by atoms with Gasteiger partial charge < -0.3 is 15.2 Å². The molecule has 1 atom stereocenters. The fourth-order valence-electron chi connectivity index (χ4n) is 2.08. The van der Waals surface area contributed by atoms with E-state index in [1.54, 1.807) is 0 Å². The van der Waals surface area contributed by atoms with E-state index in [0.717, 1.165) is 0 Å². The van der Waals surface area contributed by atoms with Gasteiger partial charge in [0.15, 0.2) is 0 Å². The molecule has 0 aromatic heterocycles. The third kappa shape index (κ3) is 2.44. The first-order valence-corrected chi connectivity index (χ1v) is 5.72. The van der Waals surface area contributed by atoms with Gasteiger partial charge in [0.05, 0.1) is 11.0 Å². The molecular formula is C12H14N2O5. The Morgan fingerprint density at radius 3 is 2.84 bits per heavy atom. The summed E-state index contributed by atoms with van der Waals surface area (Å²) in [6.07, 6.45) is -0.602. The summed E-state index contributed by atoms with van der Waals surface area (Å²) in [5, 5.41) is 23.2. The zero-order valence-electron chi connectivity index (χ0n) is 10.5. The number of alkyl carbamates (subject to hydrolysis) is 1. The molecule has 1 aliphatic rings. The predicted molar refractivity (Wildman–Crippen MR) is 65.8 cm³/mol. The summed E-state index contributed by atoms with van der Waals surface area (Å²) >= 11 is 0. The summed E-state index contributed by atoms with van der Waals surface area (Å²) in [5.41, 5.74) is -0.305. The largest absolute Gasteiger partial charge is 0.508 e. The number of nitro groups is 1. The summed E-state index contributed by atoms with van der Waals surface area (Å²) in [4.78, 5) is 21.6. The molecule has 0 aliphatic carbocycles. The number of carbonyl (C=O) groups excluding carboxylic acids is 1. The van der Waals surface area contributed by atoms with Crippen LogP contribution in [-0.2, 0) is 4.74 Å². The highest BCUT2D eigenvalue weighted by Gasteiger charge is 2.39. The van der Waals surface area contributed by atoms with Gasteiger partial charge in [0, 0.05) is 23.1 Å². The molecule has 102 valence electrons. The van der Waals surface area contributed by atoms with Crippen LogP contribution in [0.2, 0.25) is 0 Å². The molecule has 1 saturated heterocycles.